The van der Waals surface area contributed by atoms with Gasteiger partial charge >= 0.3 is 0 Å². The van der Waals surface area contributed by atoms with Crippen LogP contribution in [0.25, 0.3) is 0 Å². The topological polar surface area (TPSA) is 76.1 Å². The maximum Gasteiger partial charge on any atom is 0.248 e. The van der Waals surface area contributed by atoms with Crippen LogP contribution in [0, 0.1) is 19.3 Å². The molecular formula is C21H34N2O5S. The predicted octanol–water partition coefficient (Wildman–Crippen LogP) is 2.60. The van der Waals surface area contributed by atoms with Crippen molar-refractivity contribution in [3.05, 3.63) is 23.3 Å². The molecule has 0 aromatic heterocycles. The van der Waals surface area contributed by atoms with Crippen molar-refractivity contribution in [2.45, 2.75) is 51.5 Å². The summed E-state index contributed by atoms with van der Waals surface area (Å²) in [5.41, 5.74) is 1.41. The molecule has 1 atom stereocenters. The number of sulfonamides is 1. The largest absolute Gasteiger partial charge is 0.497 e. The van der Waals surface area contributed by atoms with E-state index in [4.69, 9.17) is 9.47 Å². The van der Waals surface area contributed by atoms with Crippen LogP contribution in [-0.2, 0) is 19.6 Å². The van der Waals surface area contributed by atoms with Gasteiger partial charge in [0.25, 0.3) is 0 Å². The molecule has 0 spiro atoms. The summed E-state index contributed by atoms with van der Waals surface area (Å²) in [6, 6.07) is 3.66. The Kier molecular flexibility index (Phi) is 7.35. The highest BCUT2D eigenvalue weighted by Crippen LogP contribution is 2.42. The smallest absolute Gasteiger partial charge is 0.248 e. The number of ether oxygens (including phenoxy) is 2. The Morgan fingerprint density at radius 3 is 2.24 bits per heavy atom. The van der Waals surface area contributed by atoms with E-state index in [1.165, 1.54) is 11.4 Å². The highest BCUT2D eigenvalue weighted by molar-refractivity contribution is 7.89. The van der Waals surface area contributed by atoms with Gasteiger partial charge in [0, 0.05) is 26.7 Å². The van der Waals surface area contributed by atoms with Gasteiger partial charge in [0.1, 0.15) is 12.4 Å². The summed E-state index contributed by atoms with van der Waals surface area (Å²) in [7, 11) is 1.22. The van der Waals surface area contributed by atoms with Crippen LogP contribution in [0.2, 0.25) is 0 Å². The number of nitrogens with zero attached hydrogens (tertiary/aromatic N) is 2. The summed E-state index contributed by atoms with van der Waals surface area (Å²) in [4.78, 5) is 14.4. The summed E-state index contributed by atoms with van der Waals surface area (Å²) in [6.07, 6.45) is 2.12. The predicted molar refractivity (Wildman–Crippen MR) is 113 cm³/mol. The molecule has 1 aliphatic carbocycles. The first-order chi connectivity index (χ1) is 13.4. The fourth-order valence-corrected chi connectivity index (χ4v) is 5.47. The normalized spacial score (nSPS) is 18.4. The molecule has 0 saturated heterocycles. The Morgan fingerprint density at radius 2 is 1.79 bits per heavy atom. The molecule has 1 aromatic rings. The van der Waals surface area contributed by atoms with Crippen molar-refractivity contribution in [3.8, 4) is 5.75 Å². The fraction of sp³-hybridized carbons (Fsp3) is 0.667. The van der Waals surface area contributed by atoms with Crippen LogP contribution in [0.4, 0.5) is 0 Å². The van der Waals surface area contributed by atoms with Crippen LogP contribution in [0.5, 0.6) is 5.75 Å². The second kappa shape index (κ2) is 9.02. The van der Waals surface area contributed by atoms with Gasteiger partial charge in [0.05, 0.1) is 18.6 Å². The van der Waals surface area contributed by atoms with Gasteiger partial charge in [0.2, 0.25) is 15.9 Å². The SMILES string of the molecule is COc1cc(C)c(S(=O)(=O)N(C)CCOCC(=O)N(C)[C@@H]2CCC2(C)C)c(C)c1. The number of carbonyl (C=O) groups excluding carboxylic acids is 1. The lowest BCUT2D eigenvalue weighted by atomic mass is 9.66. The summed E-state index contributed by atoms with van der Waals surface area (Å²) in [6.45, 7) is 8.10. The van der Waals surface area contributed by atoms with Crippen LogP contribution in [0.3, 0.4) is 0 Å². The standard InChI is InChI=1S/C21H34N2O5S/c1-15-12-17(27-7)13-16(2)20(15)29(25,26)22(5)10-11-28-14-19(24)23(6)18-8-9-21(18,3)4/h12-13,18H,8-11,14H2,1-7H3/t18-/m1/s1. The summed E-state index contributed by atoms with van der Waals surface area (Å²) >= 11 is 0. The molecule has 1 saturated carbocycles. The van der Waals surface area contributed by atoms with Crippen LogP contribution >= 0.6 is 0 Å². The Balaban J connectivity index is 1.90. The maximum absolute atomic E-state index is 13.0. The molecule has 2 rings (SSSR count). The van der Waals surface area contributed by atoms with Crippen molar-refractivity contribution in [2.75, 3.05) is 41.0 Å². The van der Waals surface area contributed by atoms with Gasteiger partial charge in [-0.3, -0.25) is 4.79 Å². The van der Waals surface area contributed by atoms with Gasteiger partial charge in [-0.15, -0.1) is 0 Å². The molecule has 0 radical (unpaired) electrons. The Morgan fingerprint density at radius 1 is 1.21 bits per heavy atom. The zero-order valence-corrected chi connectivity index (χ0v) is 19.4. The lowest BCUT2D eigenvalue weighted by molar-refractivity contribution is -0.143. The van der Waals surface area contributed by atoms with Gasteiger partial charge in [-0.1, -0.05) is 13.8 Å². The fourth-order valence-electron chi connectivity index (χ4n) is 3.91. The van der Waals surface area contributed by atoms with Gasteiger partial charge in [-0.25, -0.2) is 8.42 Å². The number of hydrogen-bond donors (Lipinski definition) is 0. The third-order valence-electron chi connectivity index (χ3n) is 5.94. The number of likely N-dealkylation sites (N-methyl/N-ethyl adjacent to an activating group) is 2. The van der Waals surface area contributed by atoms with Crippen molar-refractivity contribution >= 4 is 15.9 Å². The van der Waals surface area contributed by atoms with Gasteiger partial charge in [0.15, 0.2) is 0 Å². The van der Waals surface area contributed by atoms with Gasteiger partial charge in [-0.05, 0) is 55.4 Å². The van der Waals surface area contributed by atoms with E-state index in [1.807, 2.05) is 7.05 Å². The van der Waals surface area contributed by atoms with Crippen molar-refractivity contribution in [3.63, 3.8) is 0 Å². The van der Waals surface area contributed by atoms with E-state index in [0.29, 0.717) is 16.9 Å². The number of carbonyl (C=O) groups is 1. The average Bonchev–Trinajstić information content (AvgIpc) is 2.62. The number of rotatable bonds is 9. The van der Waals surface area contributed by atoms with E-state index in [1.54, 1.807) is 38.0 Å². The highest BCUT2D eigenvalue weighted by Gasteiger charge is 2.42. The monoisotopic (exact) mass is 426 g/mol. The molecule has 0 heterocycles. The molecule has 29 heavy (non-hydrogen) atoms. The number of amides is 1. The van der Waals surface area contributed by atoms with E-state index in [9.17, 15) is 13.2 Å². The molecule has 164 valence electrons. The maximum atomic E-state index is 13.0. The van der Waals surface area contributed by atoms with E-state index in [0.717, 1.165) is 12.8 Å². The number of benzene rings is 1. The molecule has 1 amide bonds. The third kappa shape index (κ3) is 5.10. The average molecular weight is 427 g/mol. The Hall–Kier alpha value is -1.64. The minimum atomic E-state index is -3.66. The van der Waals surface area contributed by atoms with E-state index in [-0.39, 0.29) is 42.0 Å². The molecule has 1 fully saturated rings. The van der Waals surface area contributed by atoms with E-state index < -0.39 is 10.0 Å². The van der Waals surface area contributed by atoms with Gasteiger partial charge < -0.3 is 14.4 Å². The first-order valence-corrected chi connectivity index (χ1v) is 11.3. The molecule has 8 heteroatoms. The number of methoxy groups -OCH3 is 1. The molecule has 1 aromatic carbocycles. The van der Waals surface area contributed by atoms with E-state index in [2.05, 4.69) is 13.8 Å². The van der Waals surface area contributed by atoms with Crippen LogP contribution in [-0.4, -0.2) is 70.5 Å². The van der Waals surface area contributed by atoms with Crippen molar-refractivity contribution in [1.82, 2.24) is 9.21 Å². The van der Waals surface area contributed by atoms with Gasteiger partial charge in [-0.2, -0.15) is 4.31 Å². The lowest BCUT2D eigenvalue weighted by Gasteiger charge is -2.49. The van der Waals surface area contributed by atoms with Crippen molar-refractivity contribution in [1.29, 1.82) is 0 Å². The first kappa shape index (κ1) is 23.6. The lowest BCUT2D eigenvalue weighted by Crippen LogP contribution is -2.53. The van der Waals surface area contributed by atoms with Crippen LogP contribution in [0.1, 0.15) is 37.8 Å². The molecule has 0 aliphatic heterocycles. The minimum Gasteiger partial charge on any atom is -0.497 e. The minimum absolute atomic E-state index is 0.0441. The molecule has 1 aliphatic rings. The summed E-state index contributed by atoms with van der Waals surface area (Å²) in [5.74, 6) is 0.553. The number of aryl methyl sites for hydroxylation is 2. The Labute approximate surface area is 175 Å². The van der Waals surface area contributed by atoms with Crippen molar-refractivity contribution in [2.24, 2.45) is 5.41 Å². The summed E-state index contributed by atoms with van der Waals surface area (Å²) < 4.78 is 37.9. The highest BCUT2D eigenvalue weighted by atomic mass is 32.2. The second-order valence-electron chi connectivity index (χ2n) is 8.52. The molecule has 0 N–H and O–H groups in total. The quantitative estimate of drug-likeness (QED) is 0.568. The molecule has 0 unspecified atom stereocenters. The van der Waals surface area contributed by atoms with E-state index >= 15 is 0 Å². The zero-order chi connectivity index (χ0) is 22.0. The third-order valence-corrected chi connectivity index (χ3v) is 8.10. The molecular weight excluding hydrogens is 392 g/mol. The van der Waals surface area contributed by atoms with Crippen molar-refractivity contribution < 1.29 is 22.7 Å². The summed E-state index contributed by atoms with van der Waals surface area (Å²) in [5, 5.41) is 0. The van der Waals surface area contributed by atoms with Crippen LogP contribution < -0.4 is 4.74 Å². The first-order valence-electron chi connectivity index (χ1n) is 9.87. The molecule has 7 nitrogen and oxygen atoms in total. The second-order valence-corrected chi connectivity index (χ2v) is 10.5. The van der Waals surface area contributed by atoms with Crippen LogP contribution in [0.15, 0.2) is 17.0 Å². The zero-order valence-electron chi connectivity index (χ0n) is 18.6. The Bertz CT molecular complexity index is 828. The molecule has 0 bridgehead atoms. The number of hydrogen-bond acceptors (Lipinski definition) is 5.